The van der Waals surface area contributed by atoms with Gasteiger partial charge >= 0.3 is 0 Å². The van der Waals surface area contributed by atoms with E-state index in [1.54, 1.807) is 24.4 Å². The summed E-state index contributed by atoms with van der Waals surface area (Å²) in [7, 11) is 0. The van der Waals surface area contributed by atoms with E-state index in [-0.39, 0.29) is 23.6 Å². The minimum Gasteiger partial charge on any atom is -0.485 e. The number of hydrogen-bond acceptors (Lipinski definition) is 5. The van der Waals surface area contributed by atoms with Gasteiger partial charge in [0.1, 0.15) is 23.2 Å². The molecule has 1 N–H and O–H groups in total. The zero-order valence-electron chi connectivity index (χ0n) is 16.6. The van der Waals surface area contributed by atoms with E-state index in [0.29, 0.717) is 42.6 Å². The third kappa shape index (κ3) is 3.46. The molecule has 1 amide bonds. The van der Waals surface area contributed by atoms with Gasteiger partial charge in [0.25, 0.3) is 5.91 Å². The molecule has 5 nitrogen and oxygen atoms in total. The molecular formula is C23H23FN2O3S. The van der Waals surface area contributed by atoms with Crippen molar-refractivity contribution in [2.75, 3.05) is 13.1 Å². The van der Waals surface area contributed by atoms with Crippen LogP contribution in [0, 0.1) is 24.6 Å². The molecule has 3 heterocycles. The number of halogens is 1. The molecule has 1 aromatic carbocycles. The van der Waals surface area contributed by atoms with Crippen LogP contribution in [-0.4, -0.2) is 46.2 Å². The summed E-state index contributed by atoms with van der Waals surface area (Å²) in [5.74, 6) is 0.761. The van der Waals surface area contributed by atoms with Crippen LogP contribution >= 0.6 is 11.3 Å². The summed E-state index contributed by atoms with van der Waals surface area (Å²) < 4.78 is 20.2. The number of nitrogens with zero attached hydrogens (tertiary/aromatic N) is 2. The second-order valence-corrected chi connectivity index (χ2v) is 9.57. The van der Waals surface area contributed by atoms with Crippen LogP contribution < -0.4 is 4.74 Å². The minimum absolute atomic E-state index is 0.0724. The van der Waals surface area contributed by atoms with Gasteiger partial charge in [-0.3, -0.25) is 9.78 Å². The summed E-state index contributed by atoms with van der Waals surface area (Å²) in [6.45, 7) is 3.35. The molecule has 4 atom stereocenters. The van der Waals surface area contributed by atoms with Crippen molar-refractivity contribution in [3.8, 4) is 5.75 Å². The second kappa shape index (κ2) is 7.63. The van der Waals surface area contributed by atoms with Crippen LogP contribution in [0.25, 0.3) is 10.9 Å². The first-order chi connectivity index (χ1) is 14.5. The fourth-order valence-corrected chi connectivity index (χ4v) is 5.59. The van der Waals surface area contributed by atoms with Gasteiger partial charge in [0.2, 0.25) is 0 Å². The molecule has 2 aromatic heterocycles. The molecule has 0 bridgehead atoms. The summed E-state index contributed by atoms with van der Waals surface area (Å²) in [5, 5.41) is 11.1. The molecule has 0 spiro atoms. The zero-order valence-corrected chi connectivity index (χ0v) is 17.4. The van der Waals surface area contributed by atoms with Crippen molar-refractivity contribution in [3.05, 3.63) is 58.2 Å². The van der Waals surface area contributed by atoms with Crippen LogP contribution in [-0.2, 0) is 0 Å². The molecule has 3 aromatic rings. The first kappa shape index (κ1) is 19.5. The zero-order chi connectivity index (χ0) is 20.8. The first-order valence-electron chi connectivity index (χ1n) is 10.2. The molecule has 2 fully saturated rings. The SMILES string of the molecule is Cc1ccc(C(=O)N2C[C@H]3C[C@@H](Oc4ccc(F)c5cccnc45)[C@H](O)C[C@H]3C2)s1. The number of aromatic nitrogens is 1. The molecule has 2 aliphatic rings. The Hall–Kier alpha value is -2.51. The molecule has 30 heavy (non-hydrogen) atoms. The largest absolute Gasteiger partial charge is 0.485 e. The maximum atomic E-state index is 14.1. The van der Waals surface area contributed by atoms with Crippen LogP contribution in [0.4, 0.5) is 4.39 Å². The Labute approximate surface area is 178 Å². The summed E-state index contributed by atoms with van der Waals surface area (Å²) >= 11 is 1.52. The summed E-state index contributed by atoms with van der Waals surface area (Å²) in [4.78, 5) is 20.9. The van der Waals surface area contributed by atoms with E-state index in [1.165, 1.54) is 17.4 Å². The number of rotatable bonds is 3. The predicted molar refractivity (Wildman–Crippen MR) is 113 cm³/mol. The third-order valence-corrected chi connectivity index (χ3v) is 7.27. The monoisotopic (exact) mass is 426 g/mol. The van der Waals surface area contributed by atoms with Crippen molar-refractivity contribution in [1.29, 1.82) is 0 Å². The Morgan fingerprint density at radius 1 is 1.20 bits per heavy atom. The first-order valence-corrected chi connectivity index (χ1v) is 11.0. The lowest BCUT2D eigenvalue weighted by Crippen LogP contribution is -2.42. The Balaban J connectivity index is 1.32. The highest BCUT2D eigenvalue weighted by atomic mass is 32.1. The number of aliphatic hydroxyl groups is 1. The number of pyridine rings is 1. The lowest BCUT2D eigenvalue weighted by molar-refractivity contribution is -0.0225. The topological polar surface area (TPSA) is 62.7 Å². The van der Waals surface area contributed by atoms with Crippen molar-refractivity contribution in [2.24, 2.45) is 11.8 Å². The summed E-state index contributed by atoms with van der Waals surface area (Å²) in [5.41, 5.74) is 0.461. The van der Waals surface area contributed by atoms with Gasteiger partial charge in [0.15, 0.2) is 0 Å². The number of hydrogen-bond donors (Lipinski definition) is 1. The number of aryl methyl sites for hydroxylation is 1. The van der Waals surface area contributed by atoms with Gasteiger partial charge in [-0.15, -0.1) is 11.3 Å². The van der Waals surface area contributed by atoms with Gasteiger partial charge in [0.05, 0.1) is 11.0 Å². The number of amides is 1. The van der Waals surface area contributed by atoms with Gasteiger partial charge < -0.3 is 14.7 Å². The van der Waals surface area contributed by atoms with Crippen LogP contribution in [0.5, 0.6) is 5.75 Å². The average molecular weight is 427 g/mol. The van der Waals surface area contributed by atoms with Crippen LogP contribution in [0.1, 0.15) is 27.4 Å². The van der Waals surface area contributed by atoms with E-state index >= 15 is 0 Å². The van der Waals surface area contributed by atoms with Crippen LogP contribution in [0.15, 0.2) is 42.6 Å². The van der Waals surface area contributed by atoms with E-state index in [4.69, 9.17) is 4.74 Å². The second-order valence-electron chi connectivity index (χ2n) is 8.28. The van der Waals surface area contributed by atoms with Crippen molar-refractivity contribution in [3.63, 3.8) is 0 Å². The molecule has 5 rings (SSSR count). The predicted octanol–water partition coefficient (Wildman–Crippen LogP) is 4.03. The highest BCUT2D eigenvalue weighted by Gasteiger charge is 2.44. The maximum Gasteiger partial charge on any atom is 0.263 e. The molecule has 0 radical (unpaired) electrons. The smallest absolute Gasteiger partial charge is 0.263 e. The van der Waals surface area contributed by atoms with Crippen LogP contribution in [0.2, 0.25) is 0 Å². The van der Waals surface area contributed by atoms with Gasteiger partial charge in [-0.2, -0.15) is 0 Å². The molecule has 1 saturated heterocycles. The lowest BCUT2D eigenvalue weighted by atomic mass is 9.78. The number of thiophene rings is 1. The lowest BCUT2D eigenvalue weighted by Gasteiger charge is -2.35. The summed E-state index contributed by atoms with van der Waals surface area (Å²) in [6, 6.07) is 10.2. The molecule has 1 saturated carbocycles. The van der Waals surface area contributed by atoms with Crippen LogP contribution in [0.3, 0.4) is 0 Å². The van der Waals surface area contributed by atoms with Crippen molar-refractivity contribution >= 4 is 28.1 Å². The Kier molecular flexibility index (Phi) is 4.95. The van der Waals surface area contributed by atoms with Crippen molar-refractivity contribution in [1.82, 2.24) is 9.88 Å². The number of carbonyl (C=O) groups excluding carboxylic acids is 1. The highest BCUT2D eigenvalue weighted by Crippen LogP contribution is 2.39. The fourth-order valence-electron chi connectivity index (χ4n) is 4.76. The maximum absolute atomic E-state index is 14.1. The highest BCUT2D eigenvalue weighted by molar-refractivity contribution is 7.13. The number of aliphatic hydroxyl groups excluding tert-OH is 1. The normalized spacial score (nSPS) is 26.0. The molecular weight excluding hydrogens is 403 g/mol. The van der Waals surface area contributed by atoms with Gasteiger partial charge in [-0.05, 0) is 68.0 Å². The number of benzene rings is 1. The van der Waals surface area contributed by atoms with Gasteiger partial charge in [-0.25, -0.2) is 4.39 Å². The number of ether oxygens (including phenoxy) is 1. The van der Waals surface area contributed by atoms with Gasteiger partial charge in [0, 0.05) is 29.5 Å². The number of carbonyl (C=O) groups is 1. The van der Waals surface area contributed by atoms with E-state index < -0.39 is 12.2 Å². The Morgan fingerprint density at radius 3 is 2.77 bits per heavy atom. The molecule has 0 unspecified atom stereocenters. The molecule has 156 valence electrons. The van der Waals surface area contributed by atoms with E-state index in [9.17, 15) is 14.3 Å². The van der Waals surface area contributed by atoms with E-state index in [0.717, 1.165) is 9.75 Å². The van der Waals surface area contributed by atoms with E-state index in [1.807, 2.05) is 24.0 Å². The number of likely N-dealkylation sites (tertiary alicyclic amines) is 1. The third-order valence-electron chi connectivity index (χ3n) is 6.28. The fraction of sp³-hybridized carbons (Fsp3) is 0.391. The minimum atomic E-state index is -0.630. The standard InChI is InChI=1S/C23H23FN2O3S/c1-13-4-7-21(30-13)23(28)26-11-14-9-18(27)20(10-15(14)12-26)29-19-6-5-17(24)16-3-2-8-25-22(16)19/h2-8,14-15,18,20,27H,9-12H2,1H3/t14-,15+,18+,20+/m0/s1. The van der Waals surface area contributed by atoms with Gasteiger partial charge in [-0.1, -0.05) is 0 Å². The molecule has 1 aliphatic heterocycles. The summed E-state index contributed by atoms with van der Waals surface area (Å²) in [6.07, 6.45) is 1.82. The van der Waals surface area contributed by atoms with Crippen molar-refractivity contribution in [2.45, 2.75) is 32.0 Å². The molecule has 1 aliphatic carbocycles. The van der Waals surface area contributed by atoms with E-state index in [2.05, 4.69) is 4.98 Å². The van der Waals surface area contributed by atoms with Crippen molar-refractivity contribution < 1.29 is 19.0 Å². The molecule has 7 heteroatoms. The number of fused-ring (bicyclic) bond motifs is 2. The quantitative estimate of drug-likeness (QED) is 0.687. The average Bonchev–Trinajstić information content (AvgIpc) is 3.36. The Bertz CT molecular complexity index is 1100. The Morgan fingerprint density at radius 2 is 2.00 bits per heavy atom.